The van der Waals surface area contributed by atoms with Crippen molar-refractivity contribution in [3.05, 3.63) is 77.1 Å². The molecule has 160 valence electrons. The molecule has 5 rings (SSSR count). The number of thioether (sulfide) groups is 1. The monoisotopic (exact) mass is 454 g/mol. The Morgan fingerprint density at radius 1 is 1.26 bits per heavy atom. The molecule has 0 aromatic heterocycles. The molecule has 1 amide bonds. The van der Waals surface area contributed by atoms with Crippen molar-refractivity contribution in [1.29, 1.82) is 0 Å². The number of halogens is 1. The third kappa shape index (κ3) is 4.11. The number of amides is 1. The first-order valence-corrected chi connectivity index (χ1v) is 11.5. The summed E-state index contributed by atoms with van der Waals surface area (Å²) in [5.74, 6) is 0.174. The molecule has 3 aliphatic rings. The van der Waals surface area contributed by atoms with E-state index in [1.54, 1.807) is 6.07 Å². The molecule has 3 heterocycles. The molecular weight excluding hydrogens is 432 g/mol. The van der Waals surface area contributed by atoms with E-state index in [1.807, 2.05) is 37.5 Å². The fourth-order valence-electron chi connectivity index (χ4n) is 4.05. The Balaban J connectivity index is 1.18. The summed E-state index contributed by atoms with van der Waals surface area (Å²) in [5.41, 5.74) is 9.77. The minimum atomic E-state index is -0.0923. The van der Waals surface area contributed by atoms with Crippen LogP contribution in [-0.4, -0.2) is 38.9 Å². The molecule has 2 aromatic carbocycles. The molecule has 3 aliphatic heterocycles. The molecule has 0 aliphatic carbocycles. The lowest BCUT2D eigenvalue weighted by Crippen LogP contribution is -2.54. The van der Waals surface area contributed by atoms with Gasteiger partial charge in [0.1, 0.15) is 6.17 Å². The Morgan fingerprint density at radius 2 is 2.10 bits per heavy atom. The number of anilines is 1. The molecule has 0 radical (unpaired) electrons. The average molecular weight is 455 g/mol. The van der Waals surface area contributed by atoms with Crippen molar-refractivity contribution in [2.24, 2.45) is 5.10 Å². The highest BCUT2D eigenvalue weighted by atomic mass is 35.5. The lowest BCUT2D eigenvalue weighted by atomic mass is 10.00. The number of hydrazone groups is 1. The van der Waals surface area contributed by atoms with Crippen LogP contribution in [0.5, 0.6) is 0 Å². The predicted molar refractivity (Wildman–Crippen MR) is 125 cm³/mol. The van der Waals surface area contributed by atoms with E-state index in [2.05, 4.69) is 55.4 Å². The first-order valence-electron chi connectivity index (χ1n) is 10.2. The topological polar surface area (TPSA) is 72.0 Å². The second-order valence-electron chi connectivity index (χ2n) is 7.78. The molecule has 3 unspecified atom stereocenters. The zero-order valence-corrected chi connectivity index (χ0v) is 18.5. The van der Waals surface area contributed by atoms with E-state index in [9.17, 15) is 4.79 Å². The fraction of sp³-hybridized carbons (Fsp3) is 0.273. The second kappa shape index (κ2) is 8.45. The third-order valence-corrected chi connectivity index (χ3v) is 7.07. The van der Waals surface area contributed by atoms with Crippen molar-refractivity contribution in [1.82, 2.24) is 20.8 Å². The highest BCUT2D eigenvalue weighted by Crippen LogP contribution is 2.35. The van der Waals surface area contributed by atoms with Crippen molar-refractivity contribution in [3.8, 4) is 0 Å². The van der Waals surface area contributed by atoms with Crippen molar-refractivity contribution >= 4 is 40.1 Å². The SMILES string of the molecule is Cc1ccc(NC(=O)CSC2=NNC3C4CC(c5ccccc5)NN4C=CN23)cc1Cl. The van der Waals surface area contributed by atoms with Crippen LogP contribution in [0.4, 0.5) is 5.69 Å². The summed E-state index contributed by atoms with van der Waals surface area (Å²) in [6, 6.07) is 16.5. The molecule has 31 heavy (non-hydrogen) atoms. The third-order valence-electron chi connectivity index (χ3n) is 5.69. The van der Waals surface area contributed by atoms with Crippen molar-refractivity contribution in [2.75, 3.05) is 11.1 Å². The smallest absolute Gasteiger partial charge is 0.234 e. The van der Waals surface area contributed by atoms with Crippen molar-refractivity contribution in [2.45, 2.75) is 31.6 Å². The molecule has 3 atom stereocenters. The van der Waals surface area contributed by atoms with Crippen LogP contribution < -0.4 is 16.2 Å². The number of carbonyl (C=O) groups excluding carboxylic acids is 1. The minimum Gasteiger partial charge on any atom is -0.325 e. The van der Waals surface area contributed by atoms with Gasteiger partial charge in [0.25, 0.3) is 0 Å². The van der Waals surface area contributed by atoms with Gasteiger partial charge in [-0.05, 0) is 36.6 Å². The van der Waals surface area contributed by atoms with Crippen molar-refractivity contribution in [3.63, 3.8) is 0 Å². The van der Waals surface area contributed by atoms with Gasteiger partial charge in [-0.25, -0.2) is 5.43 Å². The Kier molecular flexibility index (Phi) is 5.52. The maximum Gasteiger partial charge on any atom is 0.234 e. The number of rotatable bonds is 4. The summed E-state index contributed by atoms with van der Waals surface area (Å²) in [6.45, 7) is 1.93. The van der Waals surface area contributed by atoms with Crippen LogP contribution in [0.25, 0.3) is 0 Å². The number of fused-ring (bicyclic) bond motifs is 3. The van der Waals surface area contributed by atoms with Gasteiger partial charge in [0.2, 0.25) is 5.91 Å². The van der Waals surface area contributed by atoms with E-state index in [0.717, 1.165) is 17.2 Å². The Morgan fingerprint density at radius 3 is 2.90 bits per heavy atom. The minimum absolute atomic E-state index is 0.0349. The molecule has 2 aromatic rings. The van der Waals surface area contributed by atoms with Crippen LogP contribution in [0, 0.1) is 6.92 Å². The quantitative estimate of drug-likeness (QED) is 0.655. The molecule has 0 spiro atoms. The highest BCUT2D eigenvalue weighted by Gasteiger charge is 2.44. The molecule has 7 nitrogen and oxygen atoms in total. The van der Waals surface area contributed by atoms with Gasteiger partial charge in [0.05, 0.1) is 17.8 Å². The summed E-state index contributed by atoms with van der Waals surface area (Å²) in [7, 11) is 0. The van der Waals surface area contributed by atoms with Crippen LogP contribution in [0.2, 0.25) is 5.02 Å². The average Bonchev–Trinajstić information content (AvgIpc) is 3.39. The second-order valence-corrected chi connectivity index (χ2v) is 9.13. The number of nitrogens with zero attached hydrogens (tertiary/aromatic N) is 3. The van der Waals surface area contributed by atoms with Crippen LogP contribution in [0.1, 0.15) is 23.6 Å². The largest absolute Gasteiger partial charge is 0.325 e. The molecule has 1 saturated heterocycles. The number of hydrogen-bond donors (Lipinski definition) is 3. The van der Waals surface area contributed by atoms with Gasteiger partial charge >= 0.3 is 0 Å². The number of carbonyl (C=O) groups is 1. The van der Waals surface area contributed by atoms with Gasteiger partial charge < -0.3 is 15.2 Å². The highest BCUT2D eigenvalue weighted by molar-refractivity contribution is 8.14. The van der Waals surface area contributed by atoms with E-state index in [0.29, 0.717) is 10.7 Å². The zero-order chi connectivity index (χ0) is 21.4. The number of hydrazine groups is 1. The summed E-state index contributed by atoms with van der Waals surface area (Å²) < 4.78 is 0. The van der Waals surface area contributed by atoms with Crippen LogP contribution >= 0.6 is 23.4 Å². The van der Waals surface area contributed by atoms with Crippen LogP contribution in [0.3, 0.4) is 0 Å². The van der Waals surface area contributed by atoms with Gasteiger partial charge in [0.15, 0.2) is 5.17 Å². The molecule has 3 N–H and O–H groups in total. The van der Waals surface area contributed by atoms with E-state index in [4.69, 9.17) is 11.6 Å². The van der Waals surface area contributed by atoms with Crippen molar-refractivity contribution < 1.29 is 4.79 Å². The Bertz CT molecular complexity index is 1050. The van der Waals surface area contributed by atoms with Gasteiger partial charge in [-0.2, -0.15) is 5.10 Å². The number of nitrogens with one attached hydrogen (secondary N) is 3. The lowest BCUT2D eigenvalue weighted by molar-refractivity contribution is -0.113. The first-order chi connectivity index (χ1) is 15.1. The van der Waals surface area contributed by atoms with Gasteiger partial charge in [-0.15, -0.1) is 0 Å². The van der Waals surface area contributed by atoms with Crippen LogP contribution in [-0.2, 0) is 4.79 Å². The van der Waals surface area contributed by atoms with Crippen LogP contribution in [0.15, 0.2) is 66.0 Å². The molecule has 1 fully saturated rings. The van der Waals surface area contributed by atoms with Gasteiger partial charge in [-0.1, -0.05) is 59.8 Å². The molecule has 9 heteroatoms. The first kappa shape index (κ1) is 20.2. The van der Waals surface area contributed by atoms with E-state index in [-0.39, 0.29) is 29.9 Å². The summed E-state index contributed by atoms with van der Waals surface area (Å²) in [5, 5.41) is 11.0. The normalized spacial score (nSPS) is 23.8. The summed E-state index contributed by atoms with van der Waals surface area (Å²) in [6.07, 6.45) is 5.05. The Labute approximate surface area is 190 Å². The van der Waals surface area contributed by atoms with E-state index in [1.165, 1.54) is 17.3 Å². The standard InChI is InChI=1S/C22H23ClN6OS/c1-14-7-8-16(11-17(14)23)24-20(30)13-31-22-26-25-21-19-12-18(15-5-3-2-4-6-15)27-29(19)10-9-28(21)22/h2-11,18-19,21,25,27H,12-13H2,1H3,(H,24,30). The molecule has 0 bridgehead atoms. The number of amidine groups is 1. The zero-order valence-electron chi connectivity index (χ0n) is 17.0. The lowest BCUT2D eigenvalue weighted by Gasteiger charge is -2.36. The molecule has 0 saturated carbocycles. The summed E-state index contributed by atoms with van der Waals surface area (Å²) in [4.78, 5) is 14.5. The van der Waals surface area contributed by atoms with Gasteiger partial charge in [0, 0.05) is 23.1 Å². The van der Waals surface area contributed by atoms with E-state index >= 15 is 0 Å². The summed E-state index contributed by atoms with van der Waals surface area (Å²) >= 11 is 7.55. The Hall–Kier alpha value is -2.68. The predicted octanol–water partition coefficient (Wildman–Crippen LogP) is 3.63. The number of benzene rings is 2. The maximum atomic E-state index is 12.4. The van der Waals surface area contributed by atoms with Gasteiger partial charge in [-0.3, -0.25) is 10.2 Å². The van der Waals surface area contributed by atoms with E-state index < -0.39 is 0 Å². The fourth-order valence-corrected chi connectivity index (χ4v) is 5.00. The number of hydrogen-bond acceptors (Lipinski definition) is 7. The molecular formula is C22H23ClN6OS. The maximum absolute atomic E-state index is 12.4. The number of aryl methyl sites for hydroxylation is 1.